The Morgan fingerprint density at radius 3 is 2.42 bits per heavy atom. The van der Waals surface area contributed by atoms with Gasteiger partial charge in [-0.15, -0.1) is 0 Å². The van der Waals surface area contributed by atoms with Crippen LogP contribution in [0, 0.1) is 0 Å². The molecule has 1 N–H and O–H groups in total. The van der Waals surface area contributed by atoms with E-state index in [1.54, 1.807) is 17.0 Å². The zero-order chi connectivity index (χ0) is 22.2. The van der Waals surface area contributed by atoms with E-state index in [1.165, 1.54) is 29.2 Å². The van der Waals surface area contributed by atoms with Crippen molar-refractivity contribution in [3.63, 3.8) is 0 Å². The Bertz CT molecular complexity index is 946. The molecule has 2 aliphatic rings. The van der Waals surface area contributed by atoms with Crippen molar-refractivity contribution < 1.29 is 27.5 Å². The number of benzene rings is 2. The topological polar surface area (TPSA) is 43.8 Å². The number of likely N-dealkylation sites (tertiary alicyclic amines) is 1. The van der Waals surface area contributed by atoms with Gasteiger partial charge in [-0.3, -0.25) is 4.79 Å². The largest absolute Gasteiger partial charge is 0.508 e. The van der Waals surface area contributed by atoms with Crippen LogP contribution >= 0.6 is 0 Å². The number of amides is 1. The lowest BCUT2D eigenvalue weighted by Gasteiger charge is -2.37. The molecule has 166 valence electrons. The molecule has 2 heterocycles. The molecule has 2 atom stereocenters. The molecular weight excluding hydrogens is 412 g/mol. The lowest BCUT2D eigenvalue weighted by molar-refractivity contribution is -0.137. The Hall–Kier alpha value is -2.77. The summed E-state index contributed by atoms with van der Waals surface area (Å²) in [6.45, 7) is 0.981. The molecule has 0 saturated carbocycles. The van der Waals surface area contributed by atoms with E-state index in [1.807, 2.05) is 0 Å². The van der Waals surface area contributed by atoms with E-state index in [0.717, 1.165) is 18.1 Å². The third-order valence-corrected chi connectivity index (χ3v) is 6.12. The summed E-state index contributed by atoms with van der Waals surface area (Å²) < 4.78 is 56.0. The highest BCUT2D eigenvalue weighted by Gasteiger charge is 2.38. The summed E-state index contributed by atoms with van der Waals surface area (Å²) >= 11 is 0. The first-order valence-electron chi connectivity index (χ1n) is 10.4. The van der Waals surface area contributed by atoms with Crippen molar-refractivity contribution >= 4 is 11.6 Å². The number of anilines is 1. The summed E-state index contributed by atoms with van der Waals surface area (Å²) in [5.41, 5.74) is 0.499. The van der Waals surface area contributed by atoms with Gasteiger partial charge in [-0.2, -0.15) is 13.2 Å². The van der Waals surface area contributed by atoms with Crippen molar-refractivity contribution in [1.82, 2.24) is 4.90 Å². The van der Waals surface area contributed by atoms with Crippen LogP contribution in [-0.4, -0.2) is 41.7 Å². The van der Waals surface area contributed by atoms with Gasteiger partial charge < -0.3 is 14.9 Å². The van der Waals surface area contributed by atoms with Crippen molar-refractivity contribution in [3.05, 3.63) is 59.2 Å². The Labute approximate surface area is 178 Å². The van der Waals surface area contributed by atoms with Crippen LogP contribution in [0.4, 0.5) is 23.2 Å². The number of alkyl halides is 4. The Balaban J connectivity index is 1.57. The van der Waals surface area contributed by atoms with Crippen LogP contribution in [0.1, 0.15) is 41.9 Å². The van der Waals surface area contributed by atoms with Crippen molar-refractivity contribution in [2.24, 2.45) is 0 Å². The fourth-order valence-corrected chi connectivity index (χ4v) is 4.49. The molecule has 0 aromatic heterocycles. The average Bonchev–Trinajstić information content (AvgIpc) is 3.12. The molecule has 8 heteroatoms. The van der Waals surface area contributed by atoms with E-state index < -0.39 is 23.8 Å². The molecule has 0 spiro atoms. The Kier molecular flexibility index (Phi) is 5.81. The van der Waals surface area contributed by atoms with E-state index in [0.29, 0.717) is 24.9 Å². The van der Waals surface area contributed by atoms with Gasteiger partial charge >= 0.3 is 6.18 Å². The number of piperidine rings is 1. The molecular formula is C23H24F4N2O2. The second-order valence-corrected chi connectivity index (χ2v) is 8.22. The first-order chi connectivity index (χ1) is 14.7. The molecule has 2 fully saturated rings. The molecule has 2 aliphatic heterocycles. The van der Waals surface area contributed by atoms with Crippen LogP contribution in [0.25, 0.3) is 0 Å². The number of phenolic OH excluding ortho intramolecular Hbond substituents is 1. The van der Waals surface area contributed by atoms with Gasteiger partial charge in [0.05, 0.1) is 5.56 Å². The van der Waals surface area contributed by atoms with E-state index >= 15 is 4.39 Å². The molecule has 31 heavy (non-hydrogen) atoms. The minimum Gasteiger partial charge on any atom is -0.508 e. The molecule has 0 radical (unpaired) electrons. The Morgan fingerprint density at radius 1 is 1.06 bits per heavy atom. The molecule has 0 aliphatic carbocycles. The number of phenols is 1. The van der Waals surface area contributed by atoms with Gasteiger partial charge in [-0.05, 0) is 48.2 Å². The number of aromatic hydroxyl groups is 1. The molecule has 2 saturated heterocycles. The maximum absolute atomic E-state index is 15.0. The van der Waals surface area contributed by atoms with E-state index in [4.69, 9.17) is 0 Å². The molecule has 4 nitrogen and oxygen atoms in total. The molecule has 0 bridgehead atoms. The summed E-state index contributed by atoms with van der Waals surface area (Å²) in [6.07, 6.45) is -4.33. The second kappa shape index (κ2) is 8.40. The van der Waals surface area contributed by atoms with Crippen LogP contribution in [0.5, 0.6) is 5.75 Å². The fraction of sp³-hybridized carbons (Fsp3) is 0.435. The van der Waals surface area contributed by atoms with E-state index in [-0.39, 0.29) is 37.0 Å². The number of rotatable bonds is 4. The number of carbonyl (C=O) groups excluding carboxylic acids is 1. The van der Waals surface area contributed by atoms with Crippen molar-refractivity contribution in [3.8, 4) is 5.75 Å². The predicted octanol–water partition coefficient (Wildman–Crippen LogP) is 4.87. The summed E-state index contributed by atoms with van der Waals surface area (Å²) in [5.74, 6) is -0.351. The van der Waals surface area contributed by atoms with E-state index in [9.17, 15) is 23.1 Å². The highest BCUT2D eigenvalue weighted by Crippen LogP contribution is 2.40. The minimum atomic E-state index is -4.56. The maximum atomic E-state index is 15.0. The van der Waals surface area contributed by atoms with Gasteiger partial charge in [0.2, 0.25) is 5.91 Å². The lowest BCUT2D eigenvalue weighted by atomic mass is 9.87. The third-order valence-electron chi connectivity index (χ3n) is 6.12. The van der Waals surface area contributed by atoms with Crippen molar-refractivity contribution in [2.45, 2.75) is 44.1 Å². The lowest BCUT2D eigenvalue weighted by Crippen LogP contribution is -2.41. The summed E-state index contributed by atoms with van der Waals surface area (Å²) in [5, 5.41) is 9.43. The molecule has 1 amide bonds. The molecule has 0 unspecified atom stereocenters. The Morgan fingerprint density at radius 2 is 1.81 bits per heavy atom. The first kappa shape index (κ1) is 21.5. The van der Waals surface area contributed by atoms with Gasteiger partial charge in [0.15, 0.2) is 0 Å². The second-order valence-electron chi connectivity index (χ2n) is 8.22. The predicted molar refractivity (Wildman–Crippen MR) is 109 cm³/mol. The highest BCUT2D eigenvalue weighted by atomic mass is 19.4. The van der Waals surface area contributed by atoms with Crippen LogP contribution in [0.15, 0.2) is 42.5 Å². The van der Waals surface area contributed by atoms with Crippen LogP contribution < -0.4 is 4.90 Å². The third kappa shape index (κ3) is 4.62. The normalized spacial score (nSPS) is 22.3. The SMILES string of the molecule is O=C1CCCN1Cc1ccc(C(F)(F)F)c(N2CC[C@@H](c3ccc(O)cc3)[C@H](F)C2)c1. The first-order valence-corrected chi connectivity index (χ1v) is 10.4. The fourth-order valence-electron chi connectivity index (χ4n) is 4.49. The average molecular weight is 436 g/mol. The number of nitrogens with zero attached hydrogens (tertiary/aromatic N) is 2. The summed E-state index contributed by atoms with van der Waals surface area (Å²) in [6, 6.07) is 10.1. The number of hydrogen-bond donors (Lipinski definition) is 1. The molecule has 2 aromatic carbocycles. The van der Waals surface area contributed by atoms with Crippen LogP contribution in [0.3, 0.4) is 0 Å². The zero-order valence-corrected chi connectivity index (χ0v) is 16.9. The van der Waals surface area contributed by atoms with Gasteiger partial charge in [-0.25, -0.2) is 4.39 Å². The van der Waals surface area contributed by atoms with Gasteiger partial charge in [-0.1, -0.05) is 18.2 Å². The molecule has 2 aromatic rings. The van der Waals surface area contributed by atoms with Crippen LogP contribution in [0.2, 0.25) is 0 Å². The standard InChI is InChI=1S/C23H24F4N2O2/c24-20-14-28(11-9-18(20)16-4-6-17(30)7-5-16)21-12-15(3-8-19(21)23(25,26)27)13-29-10-1-2-22(29)31/h3-8,12,18,20,30H,1-2,9-11,13-14H2/t18-,20+/m0/s1. The monoisotopic (exact) mass is 436 g/mol. The highest BCUT2D eigenvalue weighted by molar-refractivity contribution is 5.78. The molecule has 4 rings (SSSR count). The number of carbonyl (C=O) groups is 1. The van der Waals surface area contributed by atoms with Crippen LogP contribution in [-0.2, 0) is 17.5 Å². The van der Waals surface area contributed by atoms with Gasteiger partial charge in [0, 0.05) is 44.2 Å². The zero-order valence-electron chi connectivity index (χ0n) is 16.9. The van der Waals surface area contributed by atoms with Gasteiger partial charge in [0.1, 0.15) is 11.9 Å². The van der Waals surface area contributed by atoms with Gasteiger partial charge in [0.25, 0.3) is 0 Å². The maximum Gasteiger partial charge on any atom is 0.418 e. The van der Waals surface area contributed by atoms with Crippen molar-refractivity contribution in [2.75, 3.05) is 24.5 Å². The smallest absolute Gasteiger partial charge is 0.418 e. The number of hydrogen-bond acceptors (Lipinski definition) is 3. The summed E-state index contributed by atoms with van der Waals surface area (Å²) in [4.78, 5) is 15.0. The summed E-state index contributed by atoms with van der Waals surface area (Å²) in [7, 11) is 0. The quantitative estimate of drug-likeness (QED) is 0.696. The van der Waals surface area contributed by atoms with Crippen molar-refractivity contribution in [1.29, 1.82) is 0 Å². The number of halogens is 4. The van der Waals surface area contributed by atoms with E-state index in [2.05, 4.69) is 0 Å². The minimum absolute atomic E-state index is 0.0000164.